The van der Waals surface area contributed by atoms with Gasteiger partial charge in [0.15, 0.2) is 0 Å². The molecule has 14 heavy (non-hydrogen) atoms. The van der Waals surface area contributed by atoms with Crippen LogP contribution in [0.3, 0.4) is 0 Å². The van der Waals surface area contributed by atoms with Crippen molar-refractivity contribution in [3.63, 3.8) is 0 Å². The molecule has 2 aromatic rings. The predicted octanol–water partition coefficient (Wildman–Crippen LogP) is 1.51. The van der Waals surface area contributed by atoms with Crippen LogP contribution in [-0.2, 0) is 5.54 Å². The second-order valence-corrected chi connectivity index (χ2v) is 4.92. The molecule has 0 amide bonds. The van der Waals surface area contributed by atoms with Crippen LogP contribution in [0.25, 0.3) is 11.0 Å². The van der Waals surface area contributed by atoms with Crippen LogP contribution in [0.4, 0.5) is 0 Å². The standard InChI is InChI=1S/C9H9IN4/c10-5-3-12-4-6-7(5)14-8(13-6)9(11)1-2-9/h3-4H,1-2,11H2,(H,13,14). The number of nitrogens with zero attached hydrogens (tertiary/aromatic N) is 2. The molecule has 1 saturated carbocycles. The molecule has 0 aromatic carbocycles. The average molecular weight is 300 g/mol. The third kappa shape index (κ3) is 1.15. The highest BCUT2D eigenvalue weighted by Crippen LogP contribution is 2.41. The number of hydrogen-bond donors (Lipinski definition) is 2. The second kappa shape index (κ2) is 2.66. The van der Waals surface area contributed by atoms with E-state index in [1.165, 1.54) is 0 Å². The molecule has 4 nitrogen and oxygen atoms in total. The number of H-pyrrole nitrogens is 1. The van der Waals surface area contributed by atoms with E-state index in [1.54, 1.807) is 6.20 Å². The van der Waals surface area contributed by atoms with Gasteiger partial charge in [-0.3, -0.25) is 4.98 Å². The van der Waals surface area contributed by atoms with Crippen LogP contribution < -0.4 is 5.73 Å². The maximum absolute atomic E-state index is 6.07. The first-order valence-corrected chi connectivity index (χ1v) is 5.55. The lowest BCUT2D eigenvalue weighted by molar-refractivity contribution is 0.688. The Hall–Kier alpha value is -0.690. The topological polar surface area (TPSA) is 67.6 Å². The summed E-state index contributed by atoms with van der Waals surface area (Å²) in [7, 11) is 0. The van der Waals surface area contributed by atoms with Crippen LogP contribution in [0.15, 0.2) is 12.4 Å². The minimum absolute atomic E-state index is 0.192. The molecule has 1 aliphatic rings. The molecule has 0 spiro atoms. The molecule has 3 rings (SSSR count). The monoisotopic (exact) mass is 300 g/mol. The molecule has 0 radical (unpaired) electrons. The summed E-state index contributed by atoms with van der Waals surface area (Å²) in [5.74, 6) is 0.901. The van der Waals surface area contributed by atoms with E-state index < -0.39 is 0 Å². The van der Waals surface area contributed by atoms with Crippen molar-refractivity contribution in [1.29, 1.82) is 0 Å². The Morgan fingerprint density at radius 2 is 2.21 bits per heavy atom. The lowest BCUT2D eigenvalue weighted by Crippen LogP contribution is -2.20. The quantitative estimate of drug-likeness (QED) is 0.785. The van der Waals surface area contributed by atoms with E-state index in [2.05, 4.69) is 37.5 Å². The Balaban J connectivity index is 2.25. The van der Waals surface area contributed by atoms with Crippen LogP contribution in [0.1, 0.15) is 18.7 Å². The largest absolute Gasteiger partial charge is 0.339 e. The Kier molecular flexibility index (Phi) is 1.64. The summed E-state index contributed by atoms with van der Waals surface area (Å²) < 4.78 is 1.06. The highest BCUT2D eigenvalue weighted by Gasteiger charge is 2.43. The fourth-order valence-corrected chi connectivity index (χ4v) is 2.08. The molecule has 3 N–H and O–H groups in total. The molecule has 0 saturated heterocycles. The first kappa shape index (κ1) is 8.60. The minimum atomic E-state index is -0.192. The van der Waals surface area contributed by atoms with Gasteiger partial charge in [-0.25, -0.2) is 4.98 Å². The molecule has 1 fully saturated rings. The summed E-state index contributed by atoms with van der Waals surface area (Å²) in [6.07, 6.45) is 5.65. The van der Waals surface area contributed by atoms with Gasteiger partial charge >= 0.3 is 0 Å². The Labute approximate surface area is 94.5 Å². The van der Waals surface area contributed by atoms with E-state index in [0.29, 0.717) is 0 Å². The Morgan fingerprint density at radius 1 is 1.43 bits per heavy atom. The molecule has 0 bridgehead atoms. The summed E-state index contributed by atoms with van der Waals surface area (Å²) in [5, 5.41) is 0. The van der Waals surface area contributed by atoms with E-state index in [1.807, 2.05) is 6.20 Å². The van der Waals surface area contributed by atoms with Gasteiger partial charge in [-0.15, -0.1) is 0 Å². The lowest BCUT2D eigenvalue weighted by Gasteiger charge is -2.01. The molecule has 72 valence electrons. The van der Waals surface area contributed by atoms with Gasteiger partial charge in [-0.1, -0.05) is 0 Å². The van der Waals surface area contributed by atoms with Crippen molar-refractivity contribution in [3.05, 3.63) is 21.8 Å². The number of hydrogen-bond acceptors (Lipinski definition) is 3. The molecule has 2 aromatic heterocycles. The second-order valence-electron chi connectivity index (χ2n) is 3.76. The fourth-order valence-electron chi connectivity index (χ4n) is 1.51. The third-order valence-corrected chi connectivity index (χ3v) is 3.40. The number of aromatic amines is 1. The van der Waals surface area contributed by atoms with Crippen LogP contribution in [0, 0.1) is 3.57 Å². The molecule has 0 atom stereocenters. The molecule has 1 aliphatic carbocycles. The van der Waals surface area contributed by atoms with Gasteiger partial charge in [0.2, 0.25) is 0 Å². The van der Waals surface area contributed by atoms with Gasteiger partial charge in [0.1, 0.15) is 11.3 Å². The molecule has 2 heterocycles. The highest BCUT2D eigenvalue weighted by atomic mass is 127. The van der Waals surface area contributed by atoms with Gasteiger partial charge in [0.05, 0.1) is 20.8 Å². The number of nitrogens with two attached hydrogens (primary N) is 1. The number of rotatable bonds is 1. The number of aromatic nitrogens is 3. The van der Waals surface area contributed by atoms with Crippen molar-refractivity contribution in [2.75, 3.05) is 0 Å². The average Bonchev–Trinajstić information content (AvgIpc) is 2.77. The normalized spacial score (nSPS) is 18.7. The number of nitrogens with one attached hydrogen (secondary N) is 1. The summed E-state index contributed by atoms with van der Waals surface area (Å²) in [4.78, 5) is 11.9. The van der Waals surface area contributed by atoms with Crippen molar-refractivity contribution in [2.24, 2.45) is 5.73 Å². The van der Waals surface area contributed by atoms with Gasteiger partial charge in [0.25, 0.3) is 0 Å². The van der Waals surface area contributed by atoms with E-state index in [-0.39, 0.29) is 5.54 Å². The fraction of sp³-hybridized carbons (Fsp3) is 0.333. The van der Waals surface area contributed by atoms with E-state index >= 15 is 0 Å². The maximum Gasteiger partial charge on any atom is 0.127 e. The zero-order valence-corrected chi connectivity index (χ0v) is 9.58. The Bertz CT molecular complexity index is 500. The molecule has 0 unspecified atom stereocenters. The van der Waals surface area contributed by atoms with Crippen LogP contribution in [0.5, 0.6) is 0 Å². The first-order chi connectivity index (χ1) is 6.69. The van der Waals surface area contributed by atoms with Gasteiger partial charge < -0.3 is 10.7 Å². The number of fused-ring (bicyclic) bond motifs is 1. The summed E-state index contributed by atoms with van der Waals surface area (Å²) in [5.41, 5.74) is 7.83. The van der Waals surface area contributed by atoms with Crippen LogP contribution in [-0.4, -0.2) is 15.0 Å². The van der Waals surface area contributed by atoms with Crippen molar-refractivity contribution in [1.82, 2.24) is 15.0 Å². The lowest BCUT2D eigenvalue weighted by atomic mass is 10.3. The maximum atomic E-state index is 6.07. The molecule has 0 aliphatic heterocycles. The van der Waals surface area contributed by atoms with E-state index in [9.17, 15) is 0 Å². The van der Waals surface area contributed by atoms with Gasteiger partial charge in [-0.2, -0.15) is 0 Å². The van der Waals surface area contributed by atoms with Crippen molar-refractivity contribution < 1.29 is 0 Å². The van der Waals surface area contributed by atoms with Crippen molar-refractivity contribution in [3.8, 4) is 0 Å². The van der Waals surface area contributed by atoms with Gasteiger partial charge in [-0.05, 0) is 35.4 Å². The minimum Gasteiger partial charge on any atom is -0.339 e. The first-order valence-electron chi connectivity index (χ1n) is 4.48. The predicted molar refractivity (Wildman–Crippen MR) is 61.7 cm³/mol. The third-order valence-electron chi connectivity index (χ3n) is 2.61. The smallest absolute Gasteiger partial charge is 0.127 e. The van der Waals surface area contributed by atoms with Crippen LogP contribution >= 0.6 is 22.6 Å². The highest BCUT2D eigenvalue weighted by molar-refractivity contribution is 14.1. The SMILES string of the molecule is NC1(c2nc3c(I)cncc3[nH]2)CC1. The Morgan fingerprint density at radius 3 is 2.86 bits per heavy atom. The van der Waals surface area contributed by atoms with E-state index in [0.717, 1.165) is 33.3 Å². The molecular formula is C9H9IN4. The summed E-state index contributed by atoms with van der Waals surface area (Å²) in [6, 6.07) is 0. The van der Waals surface area contributed by atoms with Gasteiger partial charge in [0, 0.05) is 6.20 Å². The zero-order valence-electron chi connectivity index (χ0n) is 7.42. The summed E-state index contributed by atoms with van der Waals surface area (Å²) >= 11 is 2.23. The molecule has 5 heteroatoms. The number of pyridine rings is 1. The summed E-state index contributed by atoms with van der Waals surface area (Å²) in [6.45, 7) is 0. The number of imidazole rings is 1. The van der Waals surface area contributed by atoms with Crippen LogP contribution in [0.2, 0.25) is 0 Å². The van der Waals surface area contributed by atoms with E-state index in [4.69, 9.17) is 5.73 Å². The van der Waals surface area contributed by atoms with Crippen molar-refractivity contribution in [2.45, 2.75) is 18.4 Å². The number of halogens is 1. The zero-order chi connectivity index (χ0) is 9.76. The molecular weight excluding hydrogens is 291 g/mol. The van der Waals surface area contributed by atoms with Crippen molar-refractivity contribution >= 4 is 33.6 Å².